The highest BCUT2D eigenvalue weighted by Crippen LogP contribution is 2.37. The second kappa shape index (κ2) is 8.28. The molecule has 2 heterocycles. The third-order valence-corrected chi connectivity index (χ3v) is 7.78. The first-order valence-electron chi connectivity index (χ1n) is 8.51. The van der Waals surface area contributed by atoms with Gasteiger partial charge in [-0.1, -0.05) is 0 Å². The molecule has 1 aromatic heterocycles. The van der Waals surface area contributed by atoms with Crippen LogP contribution in [0.4, 0.5) is 5.69 Å². The number of rotatable bonds is 6. The molecule has 29 heavy (non-hydrogen) atoms. The van der Waals surface area contributed by atoms with Crippen LogP contribution >= 0.6 is 23.5 Å². The molecule has 10 nitrogen and oxygen atoms in total. The molecule has 0 aliphatic carbocycles. The summed E-state index contributed by atoms with van der Waals surface area (Å²) in [4.78, 5) is 15.1. The predicted molar refractivity (Wildman–Crippen MR) is 114 cm³/mol. The highest BCUT2D eigenvalue weighted by Gasteiger charge is 2.29. The standard InChI is InChI=1S/C16H21N7O3S3/c1-20-16(24)13-8-5-6-23(7-10(8)28-22-13)9-3-4-11(29(25,26)21-2)14(27-19)12(9)15(17)18/h3-4,21H,5-7,19H2,1-2H3,(H3,17,18)(H,20,24). The Balaban J connectivity index is 2.07. The highest BCUT2D eigenvalue weighted by molar-refractivity contribution is 7.98. The summed E-state index contributed by atoms with van der Waals surface area (Å²) in [5, 5.41) is 16.4. The van der Waals surface area contributed by atoms with Gasteiger partial charge < -0.3 is 16.0 Å². The SMILES string of the molecule is CNC(=O)c1nsc2c1CCN(c1ccc(S(=O)(=O)NC)c(SN)c1C(=N)N)C2. The van der Waals surface area contributed by atoms with Crippen molar-refractivity contribution >= 4 is 50.9 Å². The molecule has 7 N–H and O–H groups in total. The molecule has 0 radical (unpaired) electrons. The molecule has 0 spiro atoms. The number of anilines is 1. The number of carbonyl (C=O) groups is 1. The fourth-order valence-electron chi connectivity index (χ4n) is 3.24. The van der Waals surface area contributed by atoms with Crippen molar-refractivity contribution in [3.05, 3.63) is 33.8 Å². The van der Waals surface area contributed by atoms with Gasteiger partial charge in [0, 0.05) is 29.7 Å². The topological polar surface area (TPSA) is 167 Å². The number of hydrogen-bond donors (Lipinski definition) is 5. The van der Waals surface area contributed by atoms with Gasteiger partial charge in [-0.25, -0.2) is 13.1 Å². The molecular weight excluding hydrogens is 434 g/mol. The van der Waals surface area contributed by atoms with E-state index < -0.39 is 10.0 Å². The summed E-state index contributed by atoms with van der Waals surface area (Å²) in [6.45, 7) is 1.03. The lowest BCUT2D eigenvalue weighted by Gasteiger charge is -2.31. The van der Waals surface area contributed by atoms with Crippen LogP contribution < -0.4 is 25.8 Å². The summed E-state index contributed by atoms with van der Waals surface area (Å²) < 4.78 is 31.2. The van der Waals surface area contributed by atoms with Gasteiger partial charge in [0.25, 0.3) is 5.91 Å². The quantitative estimate of drug-likeness (QED) is 0.234. The summed E-state index contributed by atoms with van der Waals surface area (Å²) in [6, 6.07) is 3.09. The summed E-state index contributed by atoms with van der Waals surface area (Å²) in [7, 11) is -0.904. The molecule has 1 amide bonds. The van der Waals surface area contributed by atoms with Crippen LogP contribution in [0.1, 0.15) is 26.5 Å². The van der Waals surface area contributed by atoms with Gasteiger partial charge in [0.15, 0.2) is 0 Å². The number of nitrogens with one attached hydrogen (secondary N) is 3. The Morgan fingerprint density at radius 1 is 1.38 bits per heavy atom. The van der Waals surface area contributed by atoms with Gasteiger partial charge in [0.2, 0.25) is 10.0 Å². The first-order chi connectivity index (χ1) is 13.7. The number of nitrogens with two attached hydrogens (primary N) is 2. The van der Waals surface area contributed by atoms with Crippen molar-refractivity contribution in [3.63, 3.8) is 0 Å². The second-order valence-corrected chi connectivity index (χ2v) is 9.57. The van der Waals surface area contributed by atoms with Crippen LogP contribution in [-0.2, 0) is 23.0 Å². The fourth-order valence-corrected chi connectivity index (χ4v) is 5.96. The van der Waals surface area contributed by atoms with Gasteiger partial charge >= 0.3 is 0 Å². The van der Waals surface area contributed by atoms with E-state index in [1.54, 1.807) is 13.1 Å². The molecule has 13 heteroatoms. The van der Waals surface area contributed by atoms with Gasteiger partial charge in [-0.2, -0.15) is 4.37 Å². The average Bonchev–Trinajstić information content (AvgIpc) is 3.15. The van der Waals surface area contributed by atoms with Gasteiger partial charge in [0.05, 0.1) is 21.9 Å². The highest BCUT2D eigenvalue weighted by atomic mass is 32.2. The van der Waals surface area contributed by atoms with E-state index in [1.165, 1.54) is 24.6 Å². The smallest absolute Gasteiger partial charge is 0.271 e. The number of sulfonamides is 1. The summed E-state index contributed by atoms with van der Waals surface area (Å²) >= 11 is 1.99. The molecule has 1 aromatic carbocycles. The molecule has 1 aliphatic heterocycles. The number of amides is 1. The molecule has 0 unspecified atom stereocenters. The number of nitrogens with zero attached hydrogens (tertiary/aromatic N) is 2. The largest absolute Gasteiger partial charge is 0.384 e. The van der Waals surface area contributed by atoms with Crippen LogP contribution in [0.25, 0.3) is 0 Å². The monoisotopic (exact) mass is 455 g/mol. The van der Waals surface area contributed by atoms with Crippen LogP contribution in [0.15, 0.2) is 21.9 Å². The maximum absolute atomic E-state index is 12.4. The van der Waals surface area contributed by atoms with Gasteiger partial charge in [-0.05, 0) is 49.1 Å². The van der Waals surface area contributed by atoms with Crippen LogP contribution in [0.2, 0.25) is 0 Å². The fraction of sp³-hybridized carbons (Fsp3) is 0.312. The summed E-state index contributed by atoms with van der Waals surface area (Å²) in [5.41, 5.74) is 8.05. The number of hydrogen-bond acceptors (Lipinski definition) is 9. The maximum Gasteiger partial charge on any atom is 0.271 e. The number of carbonyl (C=O) groups excluding carboxylic acids is 1. The summed E-state index contributed by atoms with van der Waals surface area (Å²) in [6.07, 6.45) is 0.591. The van der Waals surface area contributed by atoms with E-state index in [9.17, 15) is 13.2 Å². The van der Waals surface area contributed by atoms with E-state index in [-0.39, 0.29) is 27.1 Å². The van der Waals surface area contributed by atoms with E-state index in [2.05, 4.69) is 14.4 Å². The van der Waals surface area contributed by atoms with Crippen molar-refractivity contribution in [2.75, 3.05) is 25.5 Å². The maximum atomic E-state index is 12.4. The van der Waals surface area contributed by atoms with Gasteiger partial charge in [0.1, 0.15) is 11.5 Å². The van der Waals surface area contributed by atoms with Crippen LogP contribution in [-0.4, -0.2) is 45.2 Å². The van der Waals surface area contributed by atoms with E-state index in [0.29, 0.717) is 30.9 Å². The lowest BCUT2D eigenvalue weighted by Crippen LogP contribution is -2.33. The molecule has 0 saturated heterocycles. The van der Waals surface area contributed by atoms with E-state index >= 15 is 0 Å². The lowest BCUT2D eigenvalue weighted by atomic mass is 10.0. The van der Waals surface area contributed by atoms with Crippen molar-refractivity contribution in [1.82, 2.24) is 14.4 Å². The first-order valence-corrected chi connectivity index (χ1v) is 11.6. The van der Waals surface area contributed by atoms with Gasteiger partial charge in [-0.15, -0.1) is 0 Å². The number of benzene rings is 1. The Labute approximate surface area is 176 Å². The minimum atomic E-state index is -3.78. The second-order valence-electron chi connectivity index (χ2n) is 6.21. The molecule has 1 aliphatic rings. The number of amidine groups is 1. The Kier molecular flexibility index (Phi) is 6.14. The van der Waals surface area contributed by atoms with Crippen molar-refractivity contribution in [1.29, 1.82) is 5.41 Å². The van der Waals surface area contributed by atoms with Crippen molar-refractivity contribution in [2.45, 2.75) is 22.8 Å². The normalized spacial score (nSPS) is 13.8. The van der Waals surface area contributed by atoms with E-state index in [1.807, 2.05) is 4.90 Å². The van der Waals surface area contributed by atoms with E-state index in [0.717, 1.165) is 22.4 Å². The first kappa shape index (κ1) is 21.5. The Bertz CT molecular complexity index is 1080. The Morgan fingerprint density at radius 3 is 2.69 bits per heavy atom. The van der Waals surface area contributed by atoms with Crippen molar-refractivity contribution in [2.24, 2.45) is 10.9 Å². The predicted octanol–water partition coefficient (Wildman–Crippen LogP) is 0.223. The minimum Gasteiger partial charge on any atom is -0.384 e. The van der Waals surface area contributed by atoms with E-state index in [4.69, 9.17) is 16.3 Å². The third kappa shape index (κ3) is 3.83. The zero-order chi connectivity index (χ0) is 21.3. The van der Waals surface area contributed by atoms with Crippen molar-refractivity contribution in [3.8, 4) is 0 Å². The number of aromatic nitrogens is 1. The minimum absolute atomic E-state index is 0.0289. The van der Waals surface area contributed by atoms with Gasteiger partial charge in [-0.3, -0.25) is 15.3 Å². The van der Waals surface area contributed by atoms with Crippen LogP contribution in [0, 0.1) is 5.41 Å². The van der Waals surface area contributed by atoms with Crippen LogP contribution in [0.5, 0.6) is 0 Å². The molecule has 3 rings (SSSR count). The molecule has 0 saturated carbocycles. The molecule has 156 valence electrons. The number of fused-ring (bicyclic) bond motifs is 1. The number of nitrogen functional groups attached to an aromatic ring is 1. The molecule has 0 bridgehead atoms. The molecular formula is C16H21N7O3S3. The Hall–Kier alpha value is -2.19. The zero-order valence-electron chi connectivity index (χ0n) is 15.8. The molecule has 0 atom stereocenters. The van der Waals surface area contributed by atoms with Crippen LogP contribution in [0.3, 0.4) is 0 Å². The molecule has 2 aromatic rings. The average molecular weight is 456 g/mol. The zero-order valence-corrected chi connectivity index (χ0v) is 18.2. The Morgan fingerprint density at radius 2 is 2.10 bits per heavy atom. The van der Waals surface area contributed by atoms with Crippen molar-refractivity contribution < 1.29 is 13.2 Å². The third-order valence-electron chi connectivity index (χ3n) is 4.66. The molecule has 0 fully saturated rings. The summed E-state index contributed by atoms with van der Waals surface area (Å²) in [5.74, 6) is -0.494. The lowest BCUT2D eigenvalue weighted by molar-refractivity contribution is 0.0958.